The van der Waals surface area contributed by atoms with Crippen LogP contribution in [-0.2, 0) is 0 Å². The highest BCUT2D eigenvalue weighted by molar-refractivity contribution is 7.80. The lowest BCUT2D eigenvalue weighted by Crippen LogP contribution is -3.11. The number of hydrogen-bond donors (Lipinski definition) is 3. The molecular formula is C18H23FN3S2+. The van der Waals surface area contributed by atoms with Crippen molar-refractivity contribution < 1.29 is 9.29 Å². The summed E-state index contributed by atoms with van der Waals surface area (Å²) < 4.78 is 13.0. The average molecular weight is 365 g/mol. The van der Waals surface area contributed by atoms with Gasteiger partial charge in [0.2, 0.25) is 0 Å². The Labute approximate surface area is 151 Å². The van der Waals surface area contributed by atoms with E-state index in [-0.39, 0.29) is 11.9 Å². The topological polar surface area (TPSA) is 28.5 Å². The van der Waals surface area contributed by atoms with Gasteiger partial charge < -0.3 is 15.5 Å². The first-order chi connectivity index (χ1) is 11.6. The second kappa shape index (κ2) is 8.05. The van der Waals surface area contributed by atoms with Gasteiger partial charge in [0, 0.05) is 18.5 Å². The zero-order valence-corrected chi connectivity index (χ0v) is 15.4. The van der Waals surface area contributed by atoms with Crippen LogP contribution in [0.4, 0.5) is 10.1 Å². The SMILES string of the molecule is C[C@@H](NC(=S)Nc1ccc(F)cc1)[C@@H](c1cccs1)[NH+]1CCCC1. The van der Waals surface area contributed by atoms with Gasteiger partial charge in [-0.05, 0) is 54.9 Å². The lowest BCUT2D eigenvalue weighted by Gasteiger charge is -2.30. The molecule has 128 valence electrons. The zero-order chi connectivity index (χ0) is 16.9. The molecule has 0 aliphatic carbocycles. The summed E-state index contributed by atoms with van der Waals surface area (Å²) >= 11 is 7.26. The fourth-order valence-electron chi connectivity index (χ4n) is 3.40. The number of thiophene rings is 1. The fourth-order valence-corrected chi connectivity index (χ4v) is 4.69. The summed E-state index contributed by atoms with van der Waals surface area (Å²) in [5.41, 5.74) is 0.794. The van der Waals surface area contributed by atoms with E-state index in [1.807, 2.05) is 11.3 Å². The van der Waals surface area contributed by atoms with Crippen molar-refractivity contribution in [2.45, 2.75) is 31.8 Å². The van der Waals surface area contributed by atoms with E-state index in [0.717, 1.165) is 5.69 Å². The quantitative estimate of drug-likeness (QED) is 0.713. The summed E-state index contributed by atoms with van der Waals surface area (Å²) in [6.07, 6.45) is 2.59. The molecular weight excluding hydrogens is 341 g/mol. The van der Waals surface area contributed by atoms with Crippen molar-refractivity contribution in [2.75, 3.05) is 18.4 Å². The van der Waals surface area contributed by atoms with Crippen LogP contribution in [0, 0.1) is 5.82 Å². The smallest absolute Gasteiger partial charge is 0.171 e. The monoisotopic (exact) mass is 364 g/mol. The van der Waals surface area contributed by atoms with Gasteiger partial charge in [0.25, 0.3) is 0 Å². The number of likely N-dealkylation sites (tertiary alicyclic amines) is 1. The van der Waals surface area contributed by atoms with Gasteiger partial charge in [-0.1, -0.05) is 6.07 Å². The van der Waals surface area contributed by atoms with Crippen LogP contribution in [-0.4, -0.2) is 24.2 Å². The maximum atomic E-state index is 13.0. The third-order valence-corrected chi connectivity index (χ3v) is 5.67. The number of anilines is 1. The van der Waals surface area contributed by atoms with Crippen molar-refractivity contribution in [2.24, 2.45) is 0 Å². The van der Waals surface area contributed by atoms with Crippen LogP contribution in [0.3, 0.4) is 0 Å². The van der Waals surface area contributed by atoms with Gasteiger partial charge in [-0.25, -0.2) is 4.39 Å². The van der Waals surface area contributed by atoms with Gasteiger partial charge in [0.15, 0.2) is 5.11 Å². The van der Waals surface area contributed by atoms with E-state index in [4.69, 9.17) is 12.2 Å². The highest BCUT2D eigenvalue weighted by Crippen LogP contribution is 2.21. The lowest BCUT2D eigenvalue weighted by atomic mass is 10.1. The molecule has 0 saturated carbocycles. The predicted octanol–water partition coefficient (Wildman–Crippen LogP) is 2.98. The molecule has 0 amide bonds. The van der Waals surface area contributed by atoms with Gasteiger partial charge >= 0.3 is 0 Å². The minimum absolute atomic E-state index is 0.220. The summed E-state index contributed by atoms with van der Waals surface area (Å²) in [6, 6.07) is 11.2. The highest BCUT2D eigenvalue weighted by atomic mass is 32.1. The Balaban J connectivity index is 1.65. The second-order valence-corrected chi connectivity index (χ2v) is 7.64. The Hall–Kier alpha value is -1.50. The van der Waals surface area contributed by atoms with Crippen molar-refractivity contribution in [1.29, 1.82) is 0 Å². The Bertz CT molecular complexity index is 651. The van der Waals surface area contributed by atoms with Crippen molar-refractivity contribution in [3.05, 3.63) is 52.5 Å². The minimum atomic E-state index is -0.247. The number of quaternary nitrogens is 1. The van der Waals surface area contributed by atoms with Crippen molar-refractivity contribution >= 4 is 34.4 Å². The number of thiocarbonyl (C=S) groups is 1. The molecule has 0 bridgehead atoms. The molecule has 3 rings (SSSR count). The summed E-state index contributed by atoms with van der Waals surface area (Å²) in [5.74, 6) is -0.247. The molecule has 1 aliphatic heterocycles. The van der Waals surface area contributed by atoms with Crippen LogP contribution in [0.5, 0.6) is 0 Å². The fraction of sp³-hybridized carbons (Fsp3) is 0.389. The summed E-state index contributed by atoms with van der Waals surface area (Å²) in [7, 11) is 0. The van der Waals surface area contributed by atoms with E-state index in [2.05, 4.69) is 35.1 Å². The number of rotatable bonds is 5. The van der Waals surface area contributed by atoms with Crippen molar-refractivity contribution in [1.82, 2.24) is 5.32 Å². The van der Waals surface area contributed by atoms with Crippen molar-refractivity contribution in [3.8, 4) is 0 Å². The first-order valence-corrected chi connectivity index (χ1v) is 9.63. The van der Waals surface area contributed by atoms with E-state index < -0.39 is 0 Å². The molecule has 3 nitrogen and oxygen atoms in total. The molecule has 1 aromatic heterocycles. The second-order valence-electron chi connectivity index (χ2n) is 6.25. The van der Waals surface area contributed by atoms with Crippen LogP contribution < -0.4 is 15.5 Å². The first kappa shape index (κ1) is 17.3. The molecule has 0 spiro atoms. The first-order valence-electron chi connectivity index (χ1n) is 8.34. The Morgan fingerprint density at radius 2 is 1.92 bits per heavy atom. The molecule has 1 aliphatic rings. The minimum Gasteiger partial charge on any atom is -0.354 e. The number of halogens is 1. The maximum Gasteiger partial charge on any atom is 0.171 e. The summed E-state index contributed by atoms with van der Waals surface area (Å²) in [6.45, 7) is 4.62. The normalized spacial score (nSPS) is 17.4. The van der Waals surface area contributed by atoms with Crippen LogP contribution in [0.2, 0.25) is 0 Å². The molecule has 2 heterocycles. The third kappa shape index (κ3) is 4.32. The largest absolute Gasteiger partial charge is 0.354 e. The molecule has 24 heavy (non-hydrogen) atoms. The van der Waals surface area contributed by atoms with Crippen LogP contribution >= 0.6 is 23.6 Å². The molecule has 2 atom stereocenters. The standard InChI is InChI=1S/C18H22FN3S2/c1-13(20-18(23)21-15-8-6-14(19)7-9-15)17(16-5-4-12-24-16)22-10-2-3-11-22/h4-9,12-13,17H,2-3,10-11H2,1H3,(H2,20,21,23)/p+1/t13-,17+/m1/s1. The molecule has 1 aromatic carbocycles. The van der Waals surface area contributed by atoms with E-state index in [1.165, 1.54) is 42.9 Å². The number of benzene rings is 1. The molecule has 1 saturated heterocycles. The van der Waals surface area contributed by atoms with Gasteiger partial charge in [-0.3, -0.25) is 0 Å². The van der Waals surface area contributed by atoms with Gasteiger partial charge in [-0.15, -0.1) is 11.3 Å². The number of hydrogen-bond acceptors (Lipinski definition) is 2. The molecule has 3 N–H and O–H groups in total. The third-order valence-electron chi connectivity index (χ3n) is 4.50. The summed E-state index contributed by atoms with van der Waals surface area (Å²) in [4.78, 5) is 3.03. The van der Waals surface area contributed by atoms with Crippen molar-refractivity contribution in [3.63, 3.8) is 0 Å². The zero-order valence-electron chi connectivity index (χ0n) is 13.7. The number of nitrogens with one attached hydrogen (secondary N) is 3. The maximum absolute atomic E-state index is 13.0. The molecule has 0 radical (unpaired) electrons. The Morgan fingerprint density at radius 3 is 2.54 bits per heavy atom. The Kier molecular flexibility index (Phi) is 5.81. The van der Waals surface area contributed by atoms with Gasteiger partial charge in [0.05, 0.1) is 24.0 Å². The van der Waals surface area contributed by atoms with E-state index in [0.29, 0.717) is 11.2 Å². The Morgan fingerprint density at radius 1 is 1.21 bits per heavy atom. The average Bonchev–Trinajstić information content (AvgIpc) is 3.24. The predicted molar refractivity (Wildman–Crippen MR) is 102 cm³/mol. The molecule has 0 unspecified atom stereocenters. The molecule has 2 aromatic rings. The van der Waals surface area contributed by atoms with Crippen LogP contribution in [0.1, 0.15) is 30.7 Å². The van der Waals surface area contributed by atoms with Crippen LogP contribution in [0.15, 0.2) is 41.8 Å². The van der Waals surface area contributed by atoms with Gasteiger partial charge in [-0.2, -0.15) is 0 Å². The van der Waals surface area contributed by atoms with Gasteiger partial charge in [0.1, 0.15) is 11.9 Å². The van der Waals surface area contributed by atoms with E-state index >= 15 is 0 Å². The lowest BCUT2D eigenvalue weighted by molar-refractivity contribution is -0.920. The van der Waals surface area contributed by atoms with E-state index in [9.17, 15) is 4.39 Å². The highest BCUT2D eigenvalue weighted by Gasteiger charge is 2.33. The molecule has 6 heteroatoms. The van der Waals surface area contributed by atoms with E-state index in [1.54, 1.807) is 17.0 Å². The summed E-state index contributed by atoms with van der Waals surface area (Å²) in [5, 5.41) is 9.28. The van der Waals surface area contributed by atoms with Crippen LogP contribution in [0.25, 0.3) is 0 Å². The molecule has 1 fully saturated rings.